The third-order valence-corrected chi connectivity index (χ3v) is 1.74. The fraction of sp³-hybridized carbons (Fsp3) is 0.429. The first-order chi connectivity index (χ1) is 5.44. The molecule has 1 aliphatic carbocycles. The van der Waals surface area contributed by atoms with Crippen molar-refractivity contribution in [2.24, 2.45) is 0 Å². The Bertz CT molecular complexity index is 250. The zero-order valence-electron chi connectivity index (χ0n) is 6.59. The van der Waals surface area contributed by atoms with Crippen molar-refractivity contribution in [3.05, 3.63) is 23.6 Å². The van der Waals surface area contributed by atoms with E-state index in [1.54, 1.807) is 0 Å². The number of hydrogen-bond acceptors (Lipinski definition) is 2. The van der Waals surface area contributed by atoms with Crippen LogP contribution in [0.1, 0.15) is 13.3 Å². The van der Waals surface area contributed by atoms with E-state index < -0.39 is 18.5 Å². The van der Waals surface area contributed by atoms with E-state index in [-0.39, 0.29) is 6.42 Å². The second-order valence-corrected chi connectivity index (χ2v) is 3.00. The average molecular weight is 174 g/mol. The Labute approximate surface area is 69.4 Å². The summed E-state index contributed by atoms with van der Waals surface area (Å²) in [7, 11) is -2.17. The summed E-state index contributed by atoms with van der Waals surface area (Å²) in [4.78, 5) is 0. The van der Waals surface area contributed by atoms with Crippen LogP contribution in [0.2, 0.25) is 0 Å². The van der Waals surface area contributed by atoms with Crippen LogP contribution < -0.4 is 0 Å². The van der Waals surface area contributed by atoms with Gasteiger partial charge < -0.3 is 10.0 Å². The maximum absolute atomic E-state index is 13.3. The van der Waals surface area contributed by atoms with Gasteiger partial charge in [-0.25, -0.2) is 8.78 Å². The molecule has 0 spiro atoms. The number of halogens is 2. The van der Waals surface area contributed by atoms with Crippen LogP contribution in [0.3, 0.4) is 0 Å². The highest BCUT2D eigenvalue weighted by molar-refractivity contribution is 6.46. The van der Waals surface area contributed by atoms with Gasteiger partial charge in [0.2, 0.25) is 0 Å². The van der Waals surface area contributed by atoms with Crippen LogP contribution in [0.4, 0.5) is 8.78 Å². The molecule has 1 rings (SSSR count). The maximum atomic E-state index is 13.3. The predicted molar refractivity (Wildman–Crippen MR) is 41.6 cm³/mol. The Morgan fingerprint density at radius 1 is 1.58 bits per heavy atom. The van der Waals surface area contributed by atoms with Crippen LogP contribution in [0.5, 0.6) is 0 Å². The molecule has 1 unspecified atom stereocenters. The molecule has 2 N–H and O–H groups in total. The van der Waals surface area contributed by atoms with Gasteiger partial charge in [-0.2, -0.15) is 0 Å². The summed E-state index contributed by atoms with van der Waals surface area (Å²) in [5, 5.41) is 17.2. The summed E-state index contributed by atoms with van der Waals surface area (Å²) in [5.41, 5.74) is -1.92. The van der Waals surface area contributed by atoms with Gasteiger partial charge in [0.05, 0.1) is 0 Å². The molecule has 0 heterocycles. The topological polar surface area (TPSA) is 40.5 Å². The second kappa shape index (κ2) is 2.99. The van der Waals surface area contributed by atoms with E-state index in [2.05, 4.69) is 0 Å². The minimum absolute atomic E-state index is 0.182. The maximum Gasteiger partial charge on any atom is 0.496 e. The number of hydrogen-bond donors (Lipinski definition) is 2. The molecule has 0 aromatic carbocycles. The summed E-state index contributed by atoms with van der Waals surface area (Å²) in [6, 6.07) is 0. The summed E-state index contributed by atoms with van der Waals surface area (Å²) in [6.07, 6.45) is 1.57. The molecular weight excluding hydrogens is 165 g/mol. The largest absolute Gasteiger partial charge is 0.496 e. The first kappa shape index (κ1) is 9.41. The highest BCUT2D eigenvalue weighted by Crippen LogP contribution is 2.30. The van der Waals surface area contributed by atoms with Crippen LogP contribution in [0.25, 0.3) is 0 Å². The van der Waals surface area contributed by atoms with E-state index >= 15 is 0 Å². The lowest BCUT2D eigenvalue weighted by Gasteiger charge is -2.23. The van der Waals surface area contributed by atoms with Crippen molar-refractivity contribution in [2.75, 3.05) is 0 Å². The highest BCUT2D eigenvalue weighted by atomic mass is 19.1. The van der Waals surface area contributed by atoms with Gasteiger partial charge in [-0.3, -0.25) is 0 Å². The molecule has 66 valence electrons. The molecule has 2 nitrogen and oxygen atoms in total. The van der Waals surface area contributed by atoms with E-state index in [4.69, 9.17) is 10.0 Å². The fourth-order valence-electron chi connectivity index (χ4n) is 1.20. The van der Waals surface area contributed by atoms with Crippen LogP contribution >= 0.6 is 0 Å². The highest BCUT2D eigenvalue weighted by Gasteiger charge is 2.42. The molecule has 0 radical (unpaired) electrons. The van der Waals surface area contributed by atoms with Crippen molar-refractivity contribution < 1.29 is 18.8 Å². The molecule has 0 saturated carbocycles. The standard InChI is InChI=1S/C7H9BF2O2/c1-5-2-6(9)4-7(10,3-5)8(11)12/h2,4,11-12H,3H2,1H3. The van der Waals surface area contributed by atoms with Crippen molar-refractivity contribution in [1.29, 1.82) is 0 Å². The Kier molecular flexibility index (Phi) is 2.35. The zero-order chi connectivity index (χ0) is 9.35. The Morgan fingerprint density at radius 3 is 2.58 bits per heavy atom. The van der Waals surface area contributed by atoms with E-state index in [0.717, 1.165) is 0 Å². The summed E-state index contributed by atoms with van der Waals surface area (Å²) in [6.45, 7) is 1.53. The van der Waals surface area contributed by atoms with Crippen molar-refractivity contribution in [2.45, 2.75) is 18.9 Å². The number of alkyl halides is 1. The van der Waals surface area contributed by atoms with Gasteiger partial charge in [0.15, 0.2) is 5.57 Å². The van der Waals surface area contributed by atoms with Gasteiger partial charge in [0.1, 0.15) is 5.83 Å². The molecule has 1 aliphatic rings. The Balaban J connectivity index is 2.92. The van der Waals surface area contributed by atoms with Crippen molar-refractivity contribution in [3.63, 3.8) is 0 Å². The lowest BCUT2D eigenvalue weighted by atomic mass is 9.65. The Morgan fingerprint density at radius 2 is 2.17 bits per heavy atom. The molecule has 0 aromatic heterocycles. The predicted octanol–water partition coefficient (Wildman–Crippen LogP) is 0.910. The van der Waals surface area contributed by atoms with Crippen molar-refractivity contribution in [1.82, 2.24) is 0 Å². The Hall–Kier alpha value is -0.675. The molecule has 0 saturated heterocycles. The third-order valence-electron chi connectivity index (χ3n) is 1.74. The van der Waals surface area contributed by atoms with Gasteiger partial charge in [0.25, 0.3) is 0 Å². The minimum Gasteiger partial charge on any atom is -0.425 e. The number of rotatable bonds is 1. The van der Waals surface area contributed by atoms with Gasteiger partial charge >= 0.3 is 7.12 Å². The normalized spacial score (nSPS) is 29.4. The molecular formula is C7H9BF2O2. The smallest absolute Gasteiger partial charge is 0.425 e. The van der Waals surface area contributed by atoms with Crippen LogP contribution in [0.15, 0.2) is 23.6 Å². The SMILES string of the molecule is CC1=CC(F)=CC(F)(B(O)O)C1. The number of allylic oxidation sites excluding steroid dienone is 4. The van der Waals surface area contributed by atoms with E-state index in [1.807, 2.05) is 0 Å². The lowest BCUT2D eigenvalue weighted by molar-refractivity contribution is 0.237. The third kappa shape index (κ3) is 1.73. The lowest BCUT2D eigenvalue weighted by Crippen LogP contribution is -2.42. The van der Waals surface area contributed by atoms with E-state index in [0.29, 0.717) is 11.6 Å². The first-order valence-electron chi connectivity index (χ1n) is 3.54. The van der Waals surface area contributed by atoms with Crippen molar-refractivity contribution >= 4 is 7.12 Å². The summed E-state index contributed by atoms with van der Waals surface area (Å²) in [5.74, 6) is -0.769. The first-order valence-corrected chi connectivity index (χ1v) is 3.54. The molecule has 0 aliphatic heterocycles. The van der Waals surface area contributed by atoms with Gasteiger partial charge in [-0.15, -0.1) is 0 Å². The van der Waals surface area contributed by atoms with Crippen molar-refractivity contribution in [3.8, 4) is 0 Å². The van der Waals surface area contributed by atoms with Crippen LogP contribution in [-0.2, 0) is 0 Å². The van der Waals surface area contributed by atoms with Gasteiger partial charge in [0, 0.05) is 6.42 Å². The molecule has 5 heteroatoms. The quantitative estimate of drug-likeness (QED) is 0.580. The zero-order valence-corrected chi connectivity index (χ0v) is 6.59. The molecule has 1 atom stereocenters. The van der Waals surface area contributed by atoms with Gasteiger partial charge in [-0.05, 0) is 19.1 Å². The summed E-state index contributed by atoms with van der Waals surface area (Å²) >= 11 is 0. The monoisotopic (exact) mass is 174 g/mol. The van der Waals surface area contributed by atoms with E-state index in [9.17, 15) is 8.78 Å². The van der Waals surface area contributed by atoms with Crippen LogP contribution in [0, 0.1) is 0 Å². The summed E-state index contributed by atoms with van der Waals surface area (Å²) < 4.78 is 26.0. The molecule has 12 heavy (non-hydrogen) atoms. The molecule has 0 aromatic rings. The second-order valence-electron chi connectivity index (χ2n) is 3.00. The minimum atomic E-state index is -2.37. The molecule has 0 bridgehead atoms. The van der Waals surface area contributed by atoms with Gasteiger partial charge in [-0.1, -0.05) is 5.57 Å². The fourth-order valence-corrected chi connectivity index (χ4v) is 1.20. The van der Waals surface area contributed by atoms with Crippen LogP contribution in [-0.4, -0.2) is 22.7 Å². The average Bonchev–Trinajstić information content (AvgIpc) is 1.82. The van der Waals surface area contributed by atoms with E-state index in [1.165, 1.54) is 13.0 Å². The molecule has 0 amide bonds. The molecule has 0 fully saturated rings.